The smallest absolute Gasteiger partial charge is 0.157 e. The number of phenolic OH excluding ortho intramolecular Hbond substituents is 1. The van der Waals surface area contributed by atoms with E-state index in [1.165, 1.54) is 0 Å². The van der Waals surface area contributed by atoms with Gasteiger partial charge in [-0.1, -0.05) is 25.8 Å². The SMILES string of the molecule is CCC(C)(O)C1CCCCC1COc1ccc(C)c(O)c1C=O. The van der Waals surface area contributed by atoms with E-state index in [1.807, 2.05) is 13.8 Å². The van der Waals surface area contributed by atoms with Gasteiger partial charge in [0.15, 0.2) is 6.29 Å². The average Bonchev–Trinajstić information content (AvgIpc) is 2.56. The Morgan fingerprint density at radius 1 is 1.35 bits per heavy atom. The quantitative estimate of drug-likeness (QED) is 0.781. The maximum absolute atomic E-state index is 11.2. The minimum absolute atomic E-state index is 0.0155. The number of hydrogen-bond donors (Lipinski definition) is 2. The van der Waals surface area contributed by atoms with E-state index in [0.717, 1.165) is 32.1 Å². The number of ether oxygens (including phenoxy) is 1. The number of aldehydes is 1. The molecular weight excluding hydrogens is 292 g/mol. The zero-order chi connectivity index (χ0) is 17.0. The van der Waals surface area contributed by atoms with E-state index in [0.29, 0.717) is 24.2 Å². The van der Waals surface area contributed by atoms with E-state index in [9.17, 15) is 15.0 Å². The van der Waals surface area contributed by atoms with Crippen LogP contribution in [0.3, 0.4) is 0 Å². The van der Waals surface area contributed by atoms with Crippen molar-refractivity contribution >= 4 is 6.29 Å². The second-order valence-corrected chi connectivity index (χ2v) is 6.93. The molecule has 0 saturated heterocycles. The van der Waals surface area contributed by atoms with Gasteiger partial charge >= 0.3 is 0 Å². The Morgan fingerprint density at radius 3 is 2.70 bits per heavy atom. The van der Waals surface area contributed by atoms with Gasteiger partial charge in [-0.2, -0.15) is 0 Å². The molecule has 2 N–H and O–H groups in total. The second kappa shape index (κ2) is 7.35. The normalized spacial score (nSPS) is 24.0. The molecule has 1 aromatic carbocycles. The van der Waals surface area contributed by atoms with E-state index in [-0.39, 0.29) is 23.1 Å². The molecule has 1 saturated carbocycles. The number of carbonyl (C=O) groups excluding carboxylic acids is 1. The molecule has 0 amide bonds. The van der Waals surface area contributed by atoms with Crippen LogP contribution < -0.4 is 4.74 Å². The maximum Gasteiger partial charge on any atom is 0.157 e. The molecule has 0 radical (unpaired) electrons. The largest absolute Gasteiger partial charge is 0.507 e. The number of carbonyl (C=O) groups is 1. The molecule has 1 fully saturated rings. The summed E-state index contributed by atoms with van der Waals surface area (Å²) in [6.45, 7) is 6.13. The molecule has 0 spiro atoms. The number of rotatable bonds is 6. The zero-order valence-corrected chi connectivity index (χ0v) is 14.3. The Balaban J connectivity index is 2.13. The molecule has 128 valence electrons. The fourth-order valence-corrected chi connectivity index (χ4v) is 3.62. The first-order valence-corrected chi connectivity index (χ1v) is 8.53. The standard InChI is InChI=1S/C19H28O4/c1-4-19(3,22)16-8-6-5-7-14(16)12-23-17-10-9-13(2)18(21)15(17)11-20/h9-11,14,16,21-22H,4-8,12H2,1-3H3. The summed E-state index contributed by atoms with van der Waals surface area (Å²) >= 11 is 0. The summed E-state index contributed by atoms with van der Waals surface area (Å²) in [5.74, 6) is 0.878. The average molecular weight is 320 g/mol. The molecule has 2 rings (SSSR count). The highest BCUT2D eigenvalue weighted by molar-refractivity contribution is 5.84. The fraction of sp³-hybridized carbons (Fsp3) is 0.632. The van der Waals surface area contributed by atoms with Crippen LogP contribution in [0.25, 0.3) is 0 Å². The van der Waals surface area contributed by atoms with Gasteiger partial charge < -0.3 is 14.9 Å². The van der Waals surface area contributed by atoms with Crippen LogP contribution in [0.5, 0.6) is 11.5 Å². The summed E-state index contributed by atoms with van der Waals surface area (Å²) in [5, 5.41) is 20.6. The summed E-state index contributed by atoms with van der Waals surface area (Å²) in [6, 6.07) is 3.48. The van der Waals surface area contributed by atoms with Crippen molar-refractivity contribution in [1.29, 1.82) is 0 Å². The lowest BCUT2D eigenvalue weighted by Crippen LogP contribution is -2.42. The van der Waals surface area contributed by atoms with Gasteiger partial charge in [-0.25, -0.2) is 0 Å². The van der Waals surface area contributed by atoms with E-state index < -0.39 is 5.60 Å². The molecule has 4 nitrogen and oxygen atoms in total. The molecule has 1 aliphatic rings. The van der Waals surface area contributed by atoms with E-state index in [2.05, 4.69) is 0 Å². The van der Waals surface area contributed by atoms with Crippen LogP contribution >= 0.6 is 0 Å². The topological polar surface area (TPSA) is 66.8 Å². The Kier molecular flexibility index (Phi) is 5.69. The zero-order valence-electron chi connectivity index (χ0n) is 14.3. The molecule has 3 atom stereocenters. The summed E-state index contributed by atoms with van der Waals surface area (Å²) in [6.07, 6.45) is 5.67. The lowest BCUT2D eigenvalue weighted by molar-refractivity contribution is -0.0543. The third-order valence-corrected chi connectivity index (χ3v) is 5.37. The van der Waals surface area contributed by atoms with Crippen LogP contribution in [0.4, 0.5) is 0 Å². The van der Waals surface area contributed by atoms with Crippen LogP contribution in [0, 0.1) is 18.8 Å². The maximum atomic E-state index is 11.2. The molecule has 0 bridgehead atoms. The molecule has 0 aromatic heterocycles. The minimum Gasteiger partial charge on any atom is -0.507 e. The third kappa shape index (κ3) is 3.86. The highest BCUT2D eigenvalue weighted by Crippen LogP contribution is 2.39. The molecule has 4 heteroatoms. The van der Waals surface area contributed by atoms with Gasteiger partial charge in [-0.05, 0) is 56.6 Å². The van der Waals surface area contributed by atoms with Crippen LogP contribution in [-0.2, 0) is 0 Å². The number of aromatic hydroxyl groups is 1. The first-order valence-electron chi connectivity index (χ1n) is 8.53. The van der Waals surface area contributed by atoms with E-state index in [4.69, 9.17) is 4.74 Å². The Hall–Kier alpha value is -1.55. The highest BCUT2D eigenvalue weighted by atomic mass is 16.5. The van der Waals surface area contributed by atoms with Gasteiger partial charge in [0.05, 0.1) is 17.8 Å². The molecule has 1 aromatic rings. The monoisotopic (exact) mass is 320 g/mol. The molecule has 0 aliphatic heterocycles. The minimum atomic E-state index is -0.683. The first kappa shape index (κ1) is 17.8. The van der Waals surface area contributed by atoms with Crippen molar-refractivity contribution in [3.05, 3.63) is 23.3 Å². The van der Waals surface area contributed by atoms with Crippen molar-refractivity contribution in [3.63, 3.8) is 0 Å². The lowest BCUT2D eigenvalue weighted by Gasteiger charge is -2.40. The predicted molar refractivity (Wildman–Crippen MR) is 90.1 cm³/mol. The van der Waals surface area contributed by atoms with Crippen molar-refractivity contribution in [3.8, 4) is 11.5 Å². The predicted octanol–water partition coefficient (Wildman–Crippen LogP) is 3.86. The molecule has 1 aliphatic carbocycles. The van der Waals surface area contributed by atoms with Crippen LogP contribution in [0.2, 0.25) is 0 Å². The van der Waals surface area contributed by atoms with Crippen LogP contribution in [0.15, 0.2) is 12.1 Å². The number of hydrogen-bond acceptors (Lipinski definition) is 4. The van der Waals surface area contributed by atoms with Crippen molar-refractivity contribution in [2.75, 3.05) is 6.61 Å². The third-order valence-electron chi connectivity index (χ3n) is 5.37. The summed E-state index contributed by atoms with van der Waals surface area (Å²) in [7, 11) is 0. The van der Waals surface area contributed by atoms with Gasteiger partial charge in [-0.3, -0.25) is 4.79 Å². The molecular formula is C19H28O4. The van der Waals surface area contributed by atoms with Crippen molar-refractivity contribution in [2.24, 2.45) is 11.8 Å². The fourth-order valence-electron chi connectivity index (χ4n) is 3.62. The van der Waals surface area contributed by atoms with Gasteiger partial charge in [0.25, 0.3) is 0 Å². The Morgan fingerprint density at radius 2 is 2.04 bits per heavy atom. The number of aryl methyl sites for hydroxylation is 1. The van der Waals surface area contributed by atoms with Crippen LogP contribution in [-0.4, -0.2) is 28.7 Å². The van der Waals surface area contributed by atoms with Crippen molar-refractivity contribution in [1.82, 2.24) is 0 Å². The van der Waals surface area contributed by atoms with Crippen molar-refractivity contribution in [2.45, 2.75) is 58.5 Å². The number of benzene rings is 1. The van der Waals surface area contributed by atoms with Crippen LogP contribution in [0.1, 0.15) is 61.9 Å². The first-order chi connectivity index (χ1) is 10.9. The second-order valence-electron chi connectivity index (χ2n) is 6.93. The summed E-state index contributed by atoms with van der Waals surface area (Å²) in [4.78, 5) is 11.2. The van der Waals surface area contributed by atoms with Gasteiger partial charge in [-0.15, -0.1) is 0 Å². The highest BCUT2D eigenvalue weighted by Gasteiger charge is 2.38. The van der Waals surface area contributed by atoms with Gasteiger partial charge in [0.1, 0.15) is 11.5 Å². The Bertz CT molecular complexity index is 551. The number of phenols is 1. The lowest BCUT2D eigenvalue weighted by atomic mass is 9.70. The van der Waals surface area contributed by atoms with E-state index >= 15 is 0 Å². The molecule has 23 heavy (non-hydrogen) atoms. The Labute approximate surface area is 138 Å². The molecule has 0 heterocycles. The molecule has 3 unspecified atom stereocenters. The van der Waals surface area contributed by atoms with Crippen molar-refractivity contribution < 1.29 is 19.7 Å². The summed E-state index contributed by atoms with van der Waals surface area (Å²) < 4.78 is 5.87. The number of aliphatic hydroxyl groups is 1. The summed E-state index contributed by atoms with van der Waals surface area (Å²) in [5.41, 5.74) is 0.181. The van der Waals surface area contributed by atoms with Gasteiger partial charge in [0, 0.05) is 0 Å². The van der Waals surface area contributed by atoms with Gasteiger partial charge in [0.2, 0.25) is 0 Å². The van der Waals surface area contributed by atoms with E-state index in [1.54, 1.807) is 19.1 Å².